The molecule has 118 valence electrons. The van der Waals surface area contributed by atoms with E-state index in [1.54, 1.807) is 0 Å². The van der Waals surface area contributed by atoms with E-state index >= 15 is 0 Å². The molecule has 0 unspecified atom stereocenters. The van der Waals surface area contributed by atoms with Crippen LogP contribution in [0.5, 0.6) is 0 Å². The number of carbonyl (C=O) groups is 2. The molecule has 1 aliphatic rings. The molecule has 0 fully saturated rings. The van der Waals surface area contributed by atoms with Crippen molar-refractivity contribution in [3.05, 3.63) is 59.7 Å². The van der Waals surface area contributed by atoms with Crippen LogP contribution in [0.2, 0.25) is 0 Å². The summed E-state index contributed by atoms with van der Waals surface area (Å²) < 4.78 is 5.25. The molecular formula is C18H17NO4. The second kappa shape index (κ2) is 6.62. The Hall–Kier alpha value is -2.66. The van der Waals surface area contributed by atoms with Gasteiger partial charge in [-0.2, -0.15) is 0 Å². The number of fused-ring (bicyclic) bond motifs is 3. The van der Waals surface area contributed by atoms with Gasteiger partial charge >= 0.3 is 6.09 Å². The summed E-state index contributed by atoms with van der Waals surface area (Å²) in [6, 6.07) is 16.1. The third kappa shape index (κ3) is 3.10. The van der Waals surface area contributed by atoms with E-state index in [4.69, 9.17) is 9.84 Å². The van der Waals surface area contributed by atoms with Gasteiger partial charge < -0.3 is 15.2 Å². The predicted octanol–water partition coefficient (Wildman–Crippen LogP) is 2.09. The van der Waals surface area contributed by atoms with E-state index in [2.05, 4.69) is 17.4 Å². The van der Waals surface area contributed by atoms with Crippen molar-refractivity contribution in [1.29, 1.82) is 0 Å². The van der Waals surface area contributed by atoms with E-state index in [-0.39, 0.29) is 19.1 Å². The molecule has 0 spiro atoms. The number of hydrogen-bond donors (Lipinski definition) is 2. The molecule has 2 aromatic carbocycles. The summed E-state index contributed by atoms with van der Waals surface area (Å²) in [6.45, 7) is -0.621. The fraction of sp³-hybridized carbons (Fsp3) is 0.222. The summed E-state index contributed by atoms with van der Waals surface area (Å²) in [4.78, 5) is 22.7. The summed E-state index contributed by atoms with van der Waals surface area (Å²) in [5.74, 6) is -0.472. The van der Waals surface area contributed by atoms with Gasteiger partial charge in [0, 0.05) is 5.92 Å². The van der Waals surface area contributed by atoms with Gasteiger partial charge in [0.05, 0.1) is 6.54 Å². The molecule has 0 saturated heterocycles. The Labute approximate surface area is 133 Å². The number of rotatable bonds is 5. The minimum atomic E-state index is -0.659. The van der Waals surface area contributed by atoms with Crippen molar-refractivity contribution >= 4 is 11.9 Å². The molecule has 0 aliphatic heterocycles. The first-order chi connectivity index (χ1) is 11.2. The van der Waals surface area contributed by atoms with Crippen LogP contribution in [0.25, 0.3) is 11.1 Å². The van der Waals surface area contributed by atoms with E-state index in [9.17, 15) is 9.59 Å². The molecule has 0 radical (unpaired) electrons. The first kappa shape index (κ1) is 15.2. The quantitative estimate of drug-likeness (QED) is 0.886. The minimum absolute atomic E-state index is 0.0123. The zero-order chi connectivity index (χ0) is 16.2. The lowest BCUT2D eigenvalue weighted by molar-refractivity contribution is -0.120. The van der Waals surface area contributed by atoms with Crippen LogP contribution in [-0.4, -0.2) is 36.7 Å². The second-order valence-corrected chi connectivity index (χ2v) is 5.38. The van der Waals surface area contributed by atoms with E-state index < -0.39 is 18.5 Å². The summed E-state index contributed by atoms with van der Waals surface area (Å²) in [7, 11) is 0. The molecule has 0 atom stereocenters. The number of alkyl carbamates (subject to hydrolysis) is 1. The van der Waals surface area contributed by atoms with Crippen LogP contribution in [0, 0.1) is 0 Å². The SMILES string of the molecule is O=C(CO)CNC(=O)OCC1c2ccccc2-c2ccccc21. The number of ketones is 1. The minimum Gasteiger partial charge on any atom is -0.449 e. The number of hydrogen-bond acceptors (Lipinski definition) is 4. The molecule has 5 heteroatoms. The maximum absolute atomic E-state index is 11.7. The monoisotopic (exact) mass is 311 g/mol. The number of Topliss-reactive ketones (excluding diaryl/α,β-unsaturated/α-hetero) is 1. The van der Waals surface area contributed by atoms with E-state index in [1.807, 2.05) is 36.4 Å². The number of aliphatic hydroxyl groups excluding tert-OH is 1. The van der Waals surface area contributed by atoms with E-state index in [1.165, 1.54) is 0 Å². The zero-order valence-electron chi connectivity index (χ0n) is 12.5. The number of carbonyl (C=O) groups excluding carboxylic acids is 2. The number of nitrogens with one attached hydrogen (secondary N) is 1. The van der Waals surface area contributed by atoms with E-state index in [0.717, 1.165) is 22.3 Å². The van der Waals surface area contributed by atoms with Gasteiger partial charge in [-0.05, 0) is 22.3 Å². The van der Waals surface area contributed by atoms with Gasteiger partial charge in [-0.1, -0.05) is 48.5 Å². The number of amides is 1. The van der Waals surface area contributed by atoms with Crippen molar-refractivity contribution < 1.29 is 19.4 Å². The molecule has 5 nitrogen and oxygen atoms in total. The van der Waals surface area contributed by atoms with Crippen LogP contribution < -0.4 is 5.32 Å². The summed E-state index contributed by atoms with van der Waals surface area (Å²) in [5.41, 5.74) is 4.58. The fourth-order valence-corrected chi connectivity index (χ4v) is 2.88. The summed E-state index contributed by atoms with van der Waals surface area (Å²) in [5, 5.41) is 11.0. The Morgan fingerprint density at radius 2 is 1.57 bits per heavy atom. The van der Waals surface area contributed by atoms with Gasteiger partial charge in [-0.25, -0.2) is 4.79 Å². The highest BCUT2D eigenvalue weighted by atomic mass is 16.5. The first-order valence-electron chi connectivity index (χ1n) is 7.42. The molecule has 2 N–H and O–H groups in total. The normalized spacial score (nSPS) is 12.4. The van der Waals surface area contributed by atoms with Crippen molar-refractivity contribution in [1.82, 2.24) is 5.32 Å². The lowest BCUT2D eigenvalue weighted by atomic mass is 9.98. The van der Waals surface area contributed by atoms with Crippen molar-refractivity contribution in [3.63, 3.8) is 0 Å². The van der Waals surface area contributed by atoms with Crippen LogP contribution >= 0.6 is 0 Å². The van der Waals surface area contributed by atoms with Crippen LogP contribution in [-0.2, 0) is 9.53 Å². The van der Waals surface area contributed by atoms with Gasteiger partial charge in [0.25, 0.3) is 0 Å². The van der Waals surface area contributed by atoms with Gasteiger partial charge in [0.2, 0.25) is 0 Å². The van der Waals surface area contributed by atoms with Crippen LogP contribution in [0.1, 0.15) is 17.0 Å². The van der Waals surface area contributed by atoms with Crippen LogP contribution in [0.15, 0.2) is 48.5 Å². The first-order valence-corrected chi connectivity index (χ1v) is 7.42. The van der Waals surface area contributed by atoms with Crippen molar-refractivity contribution in [2.24, 2.45) is 0 Å². The van der Waals surface area contributed by atoms with Crippen LogP contribution in [0.4, 0.5) is 4.79 Å². The largest absolute Gasteiger partial charge is 0.449 e. The summed E-state index contributed by atoms with van der Waals surface area (Å²) in [6.07, 6.45) is -0.659. The zero-order valence-corrected chi connectivity index (χ0v) is 12.5. The van der Waals surface area contributed by atoms with Gasteiger partial charge in [0.1, 0.15) is 13.2 Å². The average Bonchev–Trinajstić information content (AvgIpc) is 2.92. The van der Waals surface area contributed by atoms with E-state index in [0.29, 0.717) is 0 Å². The molecule has 0 heterocycles. The Balaban J connectivity index is 1.71. The van der Waals surface area contributed by atoms with Gasteiger partial charge in [0.15, 0.2) is 5.78 Å². The Morgan fingerprint density at radius 1 is 1.00 bits per heavy atom. The smallest absolute Gasteiger partial charge is 0.407 e. The van der Waals surface area contributed by atoms with Crippen LogP contribution in [0.3, 0.4) is 0 Å². The standard InChI is InChI=1S/C18H17NO4/c20-10-12(21)9-19-18(22)23-11-17-15-7-3-1-5-13(15)14-6-2-4-8-16(14)17/h1-8,17,20H,9-11H2,(H,19,22). The maximum atomic E-state index is 11.7. The Kier molecular flexibility index (Phi) is 4.39. The van der Waals surface area contributed by atoms with Crippen molar-refractivity contribution in [3.8, 4) is 11.1 Å². The van der Waals surface area contributed by atoms with Crippen molar-refractivity contribution in [2.75, 3.05) is 19.8 Å². The van der Waals surface area contributed by atoms with Gasteiger partial charge in [-0.3, -0.25) is 4.79 Å². The molecule has 23 heavy (non-hydrogen) atoms. The number of ether oxygens (including phenoxy) is 1. The number of benzene rings is 2. The summed E-state index contributed by atoms with van der Waals surface area (Å²) >= 11 is 0. The lowest BCUT2D eigenvalue weighted by Gasteiger charge is -2.14. The average molecular weight is 311 g/mol. The third-order valence-electron chi connectivity index (χ3n) is 3.95. The Morgan fingerprint density at radius 3 is 2.13 bits per heavy atom. The van der Waals surface area contributed by atoms with Crippen molar-refractivity contribution in [2.45, 2.75) is 5.92 Å². The highest BCUT2D eigenvalue weighted by molar-refractivity contribution is 5.84. The molecule has 3 rings (SSSR count). The topological polar surface area (TPSA) is 75.6 Å². The Bertz CT molecular complexity index is 696. The predicted molar refractivity (Wildman–Crippen MR) is 85.2 cm³/mol. The third-order valence-corrected chi connectivity index (χ3v) is 3.95. The highest BCUT2D eigenvalue weighted by Crippen LogP contribution is 2.44. The molecule has 1 amide bonds. The van der Waals surface area contributed by atoms with Gasteiger partial charge in [-0.15, -0.1) is 0 Å². The molecule has 0 bridgehead atoms. The molecule has 0 saturated carbocycles. The molecule has 1 aliphatic carbocycles. The number of aliphatic hydroxyl groups is 1. The lowest BCUT2D eigenvalue weighted by Crippen LogP contribution is -2.32. The second-order valence-electron chi connectivity index (χ2n) is 5.38. The molecule has 2 aromatic rings. The maximum Gasteiger partial charge on any atom is 0.407 e. The molecular weight excluding hydrogens is 294 g/mol. The highest BCUT2D eigenvalue weighted by Gasteiger charge is 2.28. The fourth-order valence-electron chi connectivity index (χ4n) is 2.88. The molecule has 0 aromatic heterocycles.